The Labute approximate surface area is 170 Å². The molecule has 148 valence electrons. The highest BCUT2D eigenvalue weighted by Crippen LogP contribution is 2.11. The maximum atomic E-state index is 11.7. The SMILES string of the molecule is CCCCN(C)CCNC(=NC)NC1CCN(C(=O)OCC)CC1.I. The Hall–Kier alpha value is -0.770. The number of likely N-dealkylation sites (N-methyl/N-ethyl adjacent to an activating group) is 1. The molecule has 0 radical (unpaired) electrons. The zero-order chi connectivity index (χ0) is 17.8. The monoisotopic (exact) mass is 469 g/mol. The molecule has 0 spiro atoms. The third-order valence-corrected chi connectivity index (χ3v) is 4.26. The molecule has 8 heteroatoms. The van der Waals surface area contributed by atoms with E-state index >= 15 is 0 Å². The molecule has 1 rings (SSSR count). The number of piperidine rings is 1. The van der Waals surface area contributed by atoms with Gasteiger partial charge in [0.25, 0.3) is 0 Å². The van der Waals surface area contributed by atoms with Gasteiger partial charge in [0.05, 0.1) is 6.61 Å². The van der Waals surface area contributed by atoms with E-state index in [0.717, 1.165) is 51.5 Å². The van der Waals surface area contributed by atoms with E-state index in [9.17, 15) is 4.79 Å². The zero-order valence-corrected chi connectivity index (χ0v) is 18.5. The predicted molar refractivity (Wildman–Crippen MR) is 114 cm³/mol. The van der Waals surface area contributed by atoms with Gasteiger partial charge in [0, 0.05) is 39.3 Å². The largest absolute Gasteiger partial charge is 0.450 e. The summed E-state index contributed by atoms with van der Waals surface area (Å²) in [5.41, 5.74) is 0. The van der Waals surface area contributed by atoms with Crippen molar-refractivity contribution in [2.24, 2.45) is 4.99 Å². The number of aliphatic imine (C=N–C) groups is 1. The summed E-state index contributed by atoms with van der Waals surface area (Å²) in [5, 5.41) is 6.83. The van der Waals surface area contributed by atoms with Crippen LogP contribution in [0.3, 0.4) is 0 Å². The predicted octanol–water partition coefficient (Wildman–Crippen LogP) is 2.12. The number of amides is 1. The topological polar surface area (TPSA) is 69.2 Å². The van der Waals surface area contributed by atoms with Crippen molar-refractivity contribution in [1.29, 1.82) is 0 Å². The van der Waals surface area contributed by atoms with Crippen molar-refractivity contribution in [3.8, 4) is 0 Å². The zero-order valence-electron chi connectivity index (χ0n) is 16.2. The molecule has 0 saturated carbocycles. The number of guanidine groups is 1. The van der Waals surface area contributed by atoms with E-state index < -0.39 is 0 Å². The standard InChI is InChI=1S/C17H35N5O2.HI/c1-5-7-11-21(4)14-10-19-16(18-3)20-15-8-12-22(13-9-15)17(23)24-6-2;/h15H,5-14H2,1-4H3,(H2,18,19,20);1H. The van der Waals surface area contributed by atoms with Gasteiger partial charge >= 0.3 is 6.09 Å². The number of hydrogen-bond acceptors (Lipinski definition) is 4. The van der Waals surface area contributed by atoms with Gasteiger partial charge in [0.1, 0.15) is 0 Å². The van der Waals surface area contributed by atoms with E-state index in [1.165, 1.54) is 12.8 Å². The number of rotatable bonds is 8. The summed E-state index contributed by atoms with van der Waals surface area (Å²) in [6.07, 6.45) is 4.09. The minimum Gasteiger partial charge on any atom is -0.450 e. The van der Waals surface area contributed by atoms with Crippen LogP contribution in [-0.4, -0.2) is 81.3 Å². The summed E-state index contributed by atoms with van der Waals surface area (Å²) in [6.45, 7) is 8.95. The number of nitrogens with one attached hydrogen (secondary N) is 2. The Morgan fingerprint density at radius 3 is 2.52 bits per heavy atom. The Balaban J connectivity index is 0.00000576. The van der Waals surface area contributed by atoms with Crippen LogP contribution in [0.4, 0.5) is 4.79 Å². The third-order valence-electron chi connectivity index (χ3n) is 4.26. The highest BCUT2D eigenvalue weighted by Gasteiger charge is 2.23. The highest BCUT2D eigenvalue weighted by atomic mass is 127. The van der Waals surface area contributed by atoms with Crippen molar-refractivity contribution >= 4 is 36.0 Å². The molecule has 0 aliphatic carbocycles. The van der Waals surface area contributed by atoms with Gasteiger partial charge in [0.15, 0.2) is 5.96 Å². The number of likely N-dealkylation sites (tertiary alicyclic amines) is 1. The molecule has 1 fully saturated rings. The Morgan fingerprint density at radius 1 is 1.28 bits per heavy atom. The summed E-state index contributed by atoms with van der Waals surface area (Å²) in [7, 11) is 3.95. The van der Waals surface area contributed by atoms with Crippen molar-refractivity contribution in [3.05, 3.63) is 0 Å². The number of carbonyl (C=O) groups is 1. The molecule has 7 nitrogen and oxygen atoms in total. The van der Waals surface area contributed by atoms with Crippen molar-refractivity contribution in [3.63, 3.8) is 0 Å². The van der Waals surface area contributed by atoms with Gasteiger partial charge in [-0.3, -0.25) is 4.99 Å². The summed E-state index contributed by atoms with van der Waals surface area (Å²) in [4.78, 5) is 20.1. The van der Waals surface area contributed by atoms with E-state index in [2.05, 4.69) is 34.5 Å². The van der Waals surface area contributed by atoms with Crippen molar-refractivity contribution in [2.45, 2.75) is 45.6 Å². The molecule has 0 bridgehead atoms. The molecular formula is C17H36IN5O2. The van der Waals surface area contributed by atoms with Crippen LogP contribution in [0, 0.1) is 0 Å². The average molecular weight is 469 g/mol. The van der Waals surface area contributed by atoms with E-state index in [1.807, 2.05) is 6.92 Å². The van der Waals surface area contributed by atoms with Crippen molar-refractivity contribution in [1.82, 2.24) is 20.4 Å². The first-order valence-electron chi connectivity index (χ1n) is 9.18. The minimum absolute atomic E-state index is 0. The van der Waals surface area contributed by atoms with E-state index in [0.29, 0.717) is 12.6 Å². The lowest BCUT2D eigenvalue weighted by Crippen LogP contribution is -2.50. The van der Waals surface area contributed by atoms with Gasteiger partial charge in [-0.1, -0.05) is 13.3 Å². The lowest BCUT2D eigenvalue weighted by molar-refractivity contribution is 0.0963. The molecule has 0 unspecified atom stereocenters. The van der Waals surface area contributed by atoms with Crippen LogP contribution >= 0.6 is 24.0 Å². The molecule has 1 heterocycles. The van der Waals surface area contributed by atoms with Crippen LogP contribution in [0.5, 0.6) is 0 Å². The van der Waals surface area contributed by atoms with Crippen LogP contribution in [0.25, 0.3) is 0 Å². The van der Waals surface area contributed by atoms with Gasteiger partial charge in [0.2, 0.25) is 0 Å². The first kappa shape index (κ1) is 24.2. The molecule has 1 amide bonds. The number of hydrogen-bond donors (Lipinski definition) is 2. The highest BCUT2D eigenvalue weighted by molar-refractivity contribution is 14.0. The normalized spacial score (nSPS) is 15.7. The second kappa shape index (κ2) is 14.4. The summed E-state index contributed by atoms with van der Waals surface area (Å²) in [5.74, 6) is 0.841. The second-order valence-corrected chi connectivity index (χ2v) is 6.26. The molecule has 1 saturated heterocycles. The molecule has 25 heavy (non-hydrogen) atoms. The van der Waals surface area contributed by atoms with E-state index in [4.69, 9.17) is 4.74 Å². The van der Waals surface area contributed by atoms with Gasteiger partial charge in [-0.2, -0.15) is 0 Å². The lowest BCUT2D eigenvalue weighted by Gasteiger charge is -2.32. The smallest absolute Gasteiger partial charge is 0.409 e. The van der Waals surface area contributed by atoms with E-state index in [1.54, 1.807) is 11.9 Å². The fraction of sp³-hybridized carbons (Fsp3) is 0.882. The summed E-state index contributed by atoms with van der Waals surface area (Å²) >= 11 is 0. The quantitative estimate of drug-likeness (QED) is 0.324. The van der Waals surface area contributed by atoms with Crippen LogP contribution in [-0.2, 0) is 4.74 Å². The molecule has 0 atom stereocenters. The Bertz CT molecular complexity index is 387. The van der Waals surface area contributed by atoms with Crippen LogP contribution < -0.4 is 10.6 Å². The van der Waals surface area contributed by atoms with Gasteiger partial charge in [-0.15, -0.1) is 24.0 Å². The van der Waals surface area contributed by atoms with E-state index in [-0.39, 0.29) is 30.1 Å². The van der Waals surface area contributed by atoms with Gasteiger partial charge in [-0.25, -0.2) is 4.79 Å². The Kier molecular flexibility index (Phi) is 14.0. The number of carbonyl (C=O) groups excluding carboxylic acids is 1. The second-order valence-electron chi connectivity index (χ2n) is 6.26. The molecule has 0 aromatic heterocycles. The van der Waals surface area contributed by atoms with Crippen LogP contribution in [0.1, 0.15) is 39.5 Å². The molecular weight excluding hydrogens is 433 g/mol. The van der Waals surface area contributed by atoms with Crippen LogP contribution in [0.15, 0.2) is 4.99 Å². The van der Waals surface area contributed by atoms with Crippen LogP contribution in [0.2, 0.25) is 0 Å². The molecule has 0 aromatic carbocycles. The maximum absolute atomic E-state index is 11.7. The third kappa shape index (κ3) is 10.1. The fourth-order valence-electron chi connectivity index (χ4n) is 2.71. The summed E-state index contributed by atoms with van der Waals surface area (Å²) < 4.78 is 5.05. The summed E-state index contributed by atoms with van der Waals surface area (Å²) in [6, 6.07) is 0.347. The molecule has 2 N–H and O–H groups in total. The molecule has 0 aromatic rings. The average Bonchev–Trinajstić information content (AvgIpc) is 2.59. The first-order valence-corrected chi connectivity index (χ1v) is 9.18. The Morgan fingerprint density at radius 2 is 1.96 bits per heavy atom. The minimum atomic E-state index is -0.200. The number of halogens is 1. The van der Waals surface area contributed by atoms with Gasteiger partial charge in [-0.05, 0) is 39.8 Å². The number of nitrogens with zero attached hydrogens (tertiary/aromatic N) is 3. The molecule has 1 aliphatic rings. The molecule has 1 aliphatic heterocycles. The number of ether oxygens (including phenoxy) is 1. The lowest BCUT2D eigenvalue weighted by atomic mass is 10.1. The van der Waals surface area contributed by atoms with Crippen molar-refractivity contribution < 1.29 is 9.53 Å². The van der Waals surface area contributed by atoms with Gasteiger partial charge < -0.3 is 25.2 Å². The fourth-order valence-corrected chi connectivity index (χ4v) is 2.71. The first-order chi connectivity index (χ1) is 11.6. The van der Waals surface area contributed by atoms with Crippen molar-refractivity contribution in [2.75, 3.05) is 53.4 Å². The maximum Gasteiger partial charge on any atom is 0.409 e. The number of unbranched alkanes of at least 4 members (excludes halogenated alkanes) is 1.